The molecule has 2 aromatic rings. The Morgan fingerprint density at radius 3 is 2.44 bits per heavy atom. The van der Waals surface area contributed by atoms with E-state index in [1.807, 2.05) is 37.3 Å². The fraction of sp³-hybridized carbons (Fsp3) is 0.316. The molecule has 2 aromatic carbocycles. The van der Waals surface area contributed by atoms with Crippen molar-refractivity contribution >= 4 is 16.0 Å². The molecule has 1 fully saturated rings. The molecule has 0 aromatic heterocycles. The lowest BCUT2D eigenvalue weighted by Crippen LogP contribution is -2.25. The Labute approximate surface area is 148 Å². The van der Waals surface area contributed by atoms with Gasteiger partial charge >= 0.3 is 0 Å². The van der Waals surface area contributed by atoms with Crippen LogP contribution in [0.1, 0.15) is 17.5 Å². The minimum Gasteiger partial charge on any atom is -0.338 e. The first-order valence-electron chi connectivity index (χ1n) is 8.22. The van der Waals surface area contributed by atoms with Gasteiger partial charge in [0, 0.05) is 25.4 Å². The zero-order valence-corrected chi connectivity index (χ0v) is 14.9. The third kappa shape index (κ3) is 4.46. The number of carbonyl (C=O) groups is 1. The second kappa shape index (κ2) is 7.37. The van der Waals surface area contributed by atoms with Gasteiger partial charge in [0.05, 0.1) is 11.5 Å². The van der Waals surface area contributed by atoms with Crippen LogP contribution in [0.15, 0.2) is 59.5 Å². The van der Waals surface area contributed by atoms with Crippen LogP contribution in [0.3, 0.4) is 0 Å². The zero-order valence-electron chi connectivity index (χ0n) is 14.1. The van der Waals surface area contributed by atoms with E-state index in [-0.39, 0.29) is 23.3 Å². The molecule has 1 unspecified atom stereocenters. The molecule has 1 saturated heterocycles. The van der Waals surface area contributed by atoms with Crippen molar-refractivity contribution in [2.24, 2.45) is 5.92 Å². The van der Waals surface area contributed by atoms with E-state index in [2.05, 4.69) is 0 Å². The molecule has 0 bridgehead atoms. The van der Waals surface area contributed by atoms with Crippen LogP contribution in [-0.2, 0) is 25.6 Å². The Morgan fingerprint density at radius 1 is 1.08 bits per heavy atom. The predicted molar refractivity (Wildman–Crippen MR) is 94.3 cm³/mol. The van der Waals surface area contributed by atoms with Gasteiger partial charge in [-0.2, -0.15) is 8.42 Å². The molecular weight excluding hydrogens is 338 g/mol. The summed E-state index contributed by atoms with van der Waals surface area (Å²) in [5, 5.41) is 0. The van der Waals surface area contributed by atoms with E-state index in [9.17, 15) is 13.2 Å². The molecule has 5 nitrogen and oxygen atoms in total. The average molecular weight is 359 g/mol. The maximum absolute atomic E-state index is 12.2. The van der Waals surface area contributed by atoms with Crippen molar-refractivity contribution in [3.05, 3.63) is 65.7 Å². The molecule has 0 aliphatic carbocycles. The molecule has 1 aliphatic heterocycles. The van der Waals surface area contributed by atoms with Gasteiger partial charge in [-0.15, -0.1) is 0 Å². The van der Waals surface area contributed by atoms with Crippen LogP contribution in [0.25, 0.3) is 0 Å². The number of rotatable bonds is 6. The van der Waals surface area contributed by atoms with E-state index in [0.29, 0.717) is 19.5 Å². The Morgan fingerprint density at radius 2 is 1.76 bits per heavy atom. The van der Waals surface area contributed by atoms with Gasteiger partial charge in [-0.1, -0.05) is 48.0 Å². The molecule has 0 radical (unpaired) electrons. The first kappa shape index (κ1) is 17.6. The van der Waals surface area contributed by atoms with E-state index < -0.39 is 10.1 Å². The van der Waals surface area contributed by atoms with E-state index in [4.69, 9.17) is 4.18 Å². The van der Waals surface area contributed by atoms with Gasteiger partial charge < -0.3 is 4.90 Å². The van der Waals surface area contributed by atoms with Crippen LogP contribution in [0.2, 0.25) is 0 Å². The van der Waals surface area contributed by atoms with Crippen molar-refractivity contribution in [1.29, 1.82) is 0 Å². The SMILES string of the molecule is Cc1ccc(S(=O)(=O)OCC2CC(=O)N(Cc3ccccc3)C2)cc1. The molecule has 1 atom stereocenters. The molecule has 0 N–H and O–H groups in total. The van der Waals surface area contributed by atoms with Gasteiger partial charge in [0.15, 0.2) is 0 Å². The summed E-state index contributed by atoms with van der Waals surface area (Å²) in [4.78, 5) is 14.0. The summed E-state index contributed by atoms with van der Waals surface area (Å²) in [5.74, 6) is -0.0818. The summed E-state index contributed by atoms with van der Waals surface area (Å²) in [7, 11) is -3.79. The lowest BCUT2D eigenvalue weighted by Gasteiger charge is -2.16. The number of benzene rings is 2. The average Bonchev–Trinajstić information content (AvgIpc) is 2.94. The van der Waals surface area contributed by atoms with Crippen molar-refractivity contribution in [2.75, 3.05) is 13.2 Å². The van der Waals surface area contributed by atoms with Gasteiger partial charge in [0.2, 0.25) is 5.91 Å². The van der Waals surface area contributed by atoms with Gasteiger partial charge in [0.25, 0.3) is 10.1 Å². The van der Waals surface area contributed by atoms with Crippen LogP contribution < -0.4 is 0 Å². The molecule has 132 valence electrons. The van der Waals surface area contributed by atoms with Crippen LogP contribution in [0.4, 0.5) is 0 Å². The van der Waals surface area contributed by atoms with E-state index >= 15 is 0 Å². The summed E-state index contributed by atoms with van der Waals surface area (Å²) in [6, 6.07) is 16.3. The highest BCUT2D eigenvalue weighted by Crippen LogP contribution is 2.22. The van der Waals surface area contributed by atoms with E-state index in [0.717, 1.165) is 11.1 Å². The minimum absolute atomic E-state index is 0.0211. The summed E-state index contributed by atoms with van der Waals surface area (Å²) in [5.41, 5.74) is 2.04. The van der Waals surface area contributed by atoms with E-state index in [1.165, 1.54) is 12.1 Å². The number of likely N-dealkylation sites (tertiary alicyclic amines) is 1. The second-order valence-corrected chi connectivity index (χ2v) is 8.00. The smallest absolute Gasteiger partial charge is 0.296 e. The van der Waals surface area contributed by atoms with E-state index in [1.54, 1.807) is 17.0 Å². The molecule has 3 rings (SSSR count). The summed E-state index contributed by atoms with van der Waals surface area (Å²) in [6.45, 7) is 2.97. The van der Waals surface area contributed by atoms with Crippen molar-refractivity contribution < 1.29 is 17.4 Å². The Balaban J connectivity index is 1.57. The van der Waals surface area contributed by atoms with Gasteiger partial charge in [-0.05, 0) is 24.6 Å². The van der Waals surface area contributed by atoms with Gasteiger partial charge in [-0.25, -0.2) is 0 Å². The highest BCUT2D eigenvalue weighted by molar-refractivity contribution is 7.86. The fourth-order valence-electron chi connectivity index (χ4n) is 2.88. The lowest BCUT2D eigenvalue weighted by molar-refractivity contribution is -0.128. The number of carbonyl (C=O) groups excluding carboxylic acids is 1. The Bertz CT molecular complexity index is 831. The molecule has 0 spiro atoms. The fourth-order valence-corrected chi connectivity index (χ4v) is 3.86. The lowest BCUT2D eigenvalue weighted by atomic mass is 10.1. The quantitative estimate of drug-likeness (QED) is 0.744. The number of aryl methyl sites for hydroxylation is 1. The minimum atomic E-state index is -3.79. The maximum Gasteiger partial charge on any atom is 0.296 e. The van der Waals surface area contributed by atoms with Crippen molar-refractivity contribution in [2.45, 2.75) is 24.8 Å². The topological polar surface area (TPSA) is 63.7 Å². The van der Waals surface area contributed by atoms with Crippen molar-refractivity contribution in [1.82, 2.24) is 4.90 Å². The second-order valence-electron chi connectivity index (χ2n) is 6.38. The van der Waals surface area contributed by atoms with Crippen molar-refractivity contribution in [3.8, 4) is 0 Å². The summed E-state index contributed by atoms with van der Waals surface area (Å²) >= 11 is 0. The van der Waals surface area contributed by atoms with Crippen molar-refractivity contribution in [3.63, 3.8) is 0 Å². The highest BCUT2D eigenvalue weighted by atomic mass is 32.2. The van der Waals surface area contributed by atoms with Crippen LogP contribution >= 0.6 is 0 Å². The first-order valence-corrected chi connectivity index (χ1v) is 9.63. The molecule has 1 amide bonds. The third-order valence-electron chi connectivity index (χ3n) is 4.28. The third-order valence-corrected chi connectivity index (χ3v) is 5.58. The molecule has 6 heteroatoms. The summed E-state index contributed by atoms with van der Waals surface area (Å²) < 4.78 is 29.6. The van der Waals surface area contributed by atoms with Gasteiger partial charge in [-0.3, -0.25) is 8.98 Å². The standard InChI is InChI=1S/C19H21NO4S/c1-15-7-9-18(10-8-15)25(22,23)24-14-17-11-19(21)20(13-17)12-16-5-3-2-4-6-16/h2-10,17H,11-14H2,1H3. The molecule has 1 heterocycles. The number of amides is 1. The molecule has 0 saturated carbocycles. The number of nitrogens with zero attached hydrogens (tertiary/aromatic N) is 1. The van der Waals surface area contributed by atoms with Gasteiger partial charge in [0.1, 0.15) is 0 Å². The molecule has 25 heavy (non-hydrogen) atoms. The largest absolute Gasteiger partial charge is 0.338 e. The number of hydrogen-bond donors (Lipinski definition) is 0. The molecular formula is C19H21NO4S. The van der Waals surface area contributed by atoms with Crippen LogP contribution in [0.5, 0.6) is 0 Å². The van der Waals surface area contributed by atoms with Crippen LogP contribution in [-0.4, -0.2) is 32.4 Å². The molecule has 1 aliphatic rings. The maximum atomic E-state index is 12.2. The Kier molecular flexibility index (Phi) is 5.20. The monoisotopic (exact) mass is 359 g/mol. The number of hydrogen-bond acceptors (Lipinski definition) is 4. The summed E-state index contributed by atoms with van der Waals surface area (Å²) in [6.07, 6.45) is 0.316. The van der Waals surface area contributed by atoms with Crippen LogP contribution in [0, 0.1) is 12.8 Å². The highest BCUT2D eigenvalue weighted by Gasteiger charge is 2.31. The zero-order chi connectivity index (χ0) is 17.9. The predicted octanol–water partition coefficient (Wildman–Crippen LogP) is 2.75. The Hall–Kier alpha value is -2.18. The normalized spacial score (nSPS) is 17.9. The first-order chi connectivity index (χ1) is 11.9.